The summed E-state index contributed by atoms with van der Waals surface area (Å²) in [6.45, 7) is 2.23. The number of hydrogen-bond donors (Lipinski definition) is 4. The lowest BCUT2D eigenvalue weighted by molar-refractivity contribution is -0.118. The Labute approximate surface area is 151 Å². The molecule has 0 aliphatic heterocycles. The van der Waals surface area contributed by atoms with Crippen molar-refractivity contribution < 1.29 is 19.5 Å². The zero-order chi connectivity index (χ0) is 18.7. The molecule has 0 aromatic heterocycles. The fourth-order valence-electron chi connectivity index (χ4n) is 2.79. The van der Waals surface area contributed by atoms with Gasteiger partial charge in [0.25, 0.3) is 0 Å². The molecule has 0 heterocycles. The van der Waals surface area contributed by atoms with Crippen LogP contribution < -0.4 is 5.73 Å². The van der Waals surface area contributed by atoms with Crippen molar-refractivity contribution in [1.29, 1.82) is 0 Å². The van der Waals surface area contributed by atoms with Crippen molar-refractivity contribution in [1.82, 2.24) is 0 Å². The topological polar surface area (TPSA) is 104 Å². The molecule has 1 unspecified atom stereocenters. The van der Waals surface area contributed by atoms with Crippen molar-refractivity contribution in [3.63, 3.8) is 0 Å². The van der Waals surface area contributed by atoms with Gasteiger partial charge < -0.3 is 5.73 Å². The molecule has 1 aromatic rings. The number of aryl methyl sites for hydroxylation is 2. The number of Topliss-reactive ketones (excluding diaryl/α,β-unsaturated/α-hetero) is 1. The minimum atomic E-state index is -4.08. The molecule has 0 aliphatic carbocycles. The van der Waals surface area contributed by atoms with Crippen LogP contribution in [0.2, 0.25) is 0 Å². The molecule has 0 bridgehead atoms. The van der Waals surface area contributed by atoms with Gasteiger partial charge in [0.15, 0.2) is 11.9 Å². The Morgan fingerprint density at radius 3 is 2.04 bits per heavy atom. The highest BCUT2D eigenvalue weighted by Gasteiger charge is 2.35. The molecule has 0 radical (unpaired) electrons. The lowest BCUT2D eigenvalue weighted by Gasteiger charge is -2.11. The van der Waals surface area contributed by atoms with Crippen molar-refractivity contribution >= 4 is 13.7 Å². The third-order valence-electron chi connectivity index (χ3n) is 4.37. The van der Waals surface area contributed by atoms with E-state index in [1.54, 1.807) is 0 Å². The average molecular weight is 370 g/mol. The Hall–Kier alpha value is -0.840. The first-order valence-electron chi connectivity index (χ1n) is 9.24. The van der Waals surface area contributed by atoms with Crippen LogP contribution in [0.5, 0.6) is 0 Å². The quantitative estimate of drug-likeness (QED) is 0.315. The van der Waals surface area contributed by atoms with E-state index in [1.165, 1.54) is 44.1 Å². The fraction of sp³-hybridized carbons (Fsp3) is 0.632. The number of hydrogen-bond acceptors (Lipinski definition) is 5. The highest BCUT2D eigenvalue weighted by molar-refractivity contribution is 7.59. The monoisotopic (exact) mass is 370 g/mol. The van der Waals surface area contributed by atoms with Gasteiger partial charge in [0.1, 0.15) is 0 Å². The summed E-state index contributed by atoms with van der Waals surface area (Å²) in [7, 11) is -4.08. The summed E-state index contributed by atoms with van der Waals surface area (Å²) in [5, 5.41) is 0. The van der Waals surface area contributed by atoms with Crippen LogP contribution in [0.15, 0.2) is 24.3 Å². The molecular weight excluding hydrogens is 337 g/mol. The number of carbonyl (C=O) groups is 1. The summed E-state index contributed by atoms with van der Waals surface area (Å²) in [6, 6.07) is 7.59. The van der Waals surface area contributed by atoms with Crippen LogP contribution in [0.4, 0.5) is 0 Å². The van der Waals surface area contributed by atoms with Crippen LogP contribution in [0, 0.1) is 0 Å². The standard InChI is InChI=1S/C19H33NO4P/c1-2-3-4-5-6-7-8-16-9-11-17(12-10-16)13-14-18(20)19(21)15-25(22,23)24/h9-12,18,22-24H,2-8,13-15,20H2,1H3/q+1. The van der Waals surface area contributed by atoms with Gasteiger partial charge in [-0.3, -0.25) is 4.79 Å². The van der Waals surface area contributed by atoms with Gasteiger partial charge >= 0.3 is 7.94 Å². The van der Waals surface area contributed by atoms with E-state index in [2.05, 4.69) is 31.2 Å². The second kappa shape index (κ2) is 11.7. The molecule has 142 valence electrons. The first-order chi connectivity index (χ1) is 11.8. The van der Waals surface area contributed by atoms with Gasteiger partial charge in [-0.25, -0.2) is 0 Å². The highest BCUT2D eigenvalue weighted by Crippen LogP contribution is 2.44. The number of benzene rings is 1. The molecule has 0 amide bonds. The molecule has 1 atom stereocenters. The van der Waals surface area contributed by atoms with E-state index in [4.69, 9.17) is 20.4 Å². The second-order valence-electron chi connectivity index (χ2n) is 6.80. The third kappa shape index (κ3) is 10.7. The van der Waals surface area contributed by atoms with Crippen molar-refractivity contribution in [3.05, 3.63) is 35.4 Å². The second-order valence-corrected chi connectivity index (χ2v) is 8.50. The Kier molecular flexibility index (Phi) is 10.4. The molecule has 0 saturated heterocycles. The summed E-state index contributed by atoms with van der Waals surface area (Å²) in [5.74, 6) is -0.513. The minimum absolute atomic E-state index is 0.426. The van der Waals surface area contributed by atoms with Gasteiger partial charge in [-0.2, -0.15) is 14.7 Å². The Balaban J connectivity index is 2.28. The van der Waals surface area contributed by atoms with Gasteiger partial charge in [0.05, 0.1) is 6.04 Å². The van der Waals surface area contributed by atoms with Gasteiger partial charge in [0.2, 0.25) is 0 Å². The van der Waals surface area contributed by atoms with Gasteiger partial charge in [-0.05, 0) is 36.8 Å². The average Bonchev–Trinajstić information content (AvgIpc) is 2.55. The predicted octanol–water partition coefficient (Wildman–Crippen LogP) is 3.16. The highest BCUT2D eigenvalue weighted by atomic mass is 31.2. The van der Waals surface area contributed by atoms with Crippen LogP contribution in [0.25, 0.3) is 0 Å². The number of carbonyl (C=O) groups excluding carboxylic acids is 1. The van der Waals surface area contributed by atoms with Crippen LogP contribution >= 0.6 is 7.94 Å². The molecular formula is C19H33NO4P+. The van der Waals surface area contributed by atoms with Gasteiger partial charge in [-0.1, -0.05) is 63.3 Å². The normalized spacial score (nSPS) is 13.0. The molecule has 5 nitrogen and oxygen atoms in total. The van der Waals surface area contributed by atoms with Crippen molar-refractivity contribution in [2.24, 2.45) is 5.73 Å². The van der Waals surface area contributed by atoms with Crippen LogP contribution in [-0.2, 0) is 17.6 Å². The maximum absolute atomic E-state index is 11.7. The number of ketones is 1. The summed E-state index contributed by atoms with van der Waals surface area (Å²) in [5.41, 5.74) is 8.19. The van der Waals surface area contributed by atoms with E-state index in [0.717, 1.165) is 12.0 Å². The molecule has 0 fully saturated rings. The SMILES string of the molecule is CCCCCCCCc1ccc(CCC(N)C(=O)C[P+](O)(O)O)cc1. The fourth-order valence-corrected chi connectivity index (χ4v) is 3.44. The van der Waals surface area contributed by atoms with E-state index in [1.807, 2.05) is 0 Å². The van der Waals surface area contributed by atoms with E-state index in [0.29, 0.717) is 12.8 Å². The zero-order valence-corrected chi connectivity index (χ0v) is 16.1. The molecule has 0 spiro atoms. The largest absolute Gasteiger partial charge is 0.411 e. The zero-order valence-electron chi connectivity index (χ0n) is 15.2. The van der Waals surface area contributed by atoms with Crippen molar-refractivity contribution in [2.45, 2.75) is 70.8 Å². The smallest absolute Gasteiger partial charge is 0.321 e. The number of rotatable bonds is 13. The number of unbranched alkanes of at least 4 members (excludes halogenated alkanes) is 5. The molecule has 6 heteroatoms. The summed E-state index contributed by atoms with van der Waals surface area (Å²) in [6.07, 6.45) is 9.27. The predicted molar refractivity (Wildman–Crippen MR) is 103 cm³/mol. The lowest BCUT2D eigenvalue weighted by atomic mass is 10.00. The Morgan fingerprint density at radius 1 is 0.960 bits per heavy atom. The summed E-state index contributed by atoms with van der Waals surface area (Å²) in [4.78, 5) is 38.5. The van der Waals surface area contributed by atoms with Crippen molar-refractivity contribution in [3.8, 4) is 0 Å². The molecule has 25 heavy (non-hydrogen) atoms. The van der Waals surface area contributed by atoms with Crippen LogP contribution in [0.3, 0.4) is 0 Å². The van der Waals surface area contributed by atoms with Crippen molar-refractivity contribution in [2.75, 3.05) is 6.16 Å². The lowest BCUT2D eigenvalue weighted by Crippen LogP contribution is -2.33. The van der Waals surface area contributed by atoms with E-state index in [9.17, 15) is 4.79 Å². The van der Waals surface area contributed by atoms with Gasteiger partial charge in [-0.15, -0.1) is 0 Å². The summed E-state index contributed by atoms with van der Waals surface area (Å²) >= 11 is 0. The molecule has 1 rings (SSSR count). The maximum Gasteiger partial charge on any atom is 0.411 e. The van der Waals surface area contributed by atoms with Crippen LogP contribution in [-0.4, -0.2) is 32.7 Å². The number of nitrogens with two attached hydrogens (primary N) is 1. The first-order valence-corrected chi connectivity index (χ1v) is 11.1. The third-order valence-corrected chi connectivity index (χ3v) is 5.10. The molecule has 0 saturated carbocycles. The van der Waals surface area contributed by atoms with E-state index in [-0.39, 0.29) is 0 Å². The summed E-state index contributed by atoms with van der Waals surface area (Å²) < 4.78 is 0. The molecule has 1 aromatic carbocycles. The van der Waals surface area contributed by atoms with E-state index < -0.39 is 25.9 Å². The Bertz CT molecular complexity index is 499. The van der Waals surface area contributed by atoms with Crippen LogP contribution in [0.1, 0.15) is 63.0 Å². The Morgan fingerprint density at radius 2 is 1.48 bits per heavy atom. The van der Waals surface area contributed by atoms with Gasteiger partial charge in [0, 0.05) is 0 Å². The van der Waals surface area contributed by atoms with E-state index >= 15 is 0 Å². The molecule has 5 N–H and O–H groups in total. The minimum Gasteiger partial charge on any atom is -0.321 e. The first kappa shape index (κ1) is 22.2. The molecule has 0 aliphatic rings. The maximum atomic E-state index is 11.7.